The molecule has 0 heterocycles. The molecule has 1 N–H and O–H groups in total. The summed E-state index contributed by atoms with van der Waals surface area (Å²) in [5.41, 5.74) is 7.62. The number of hydrogen-bond donors (Lipinski definition) is 0. The summed E-state index contributed by atoms with van der Waals surface area (Å²) in [7, 11) is 0. The van der Waals surface area contributed by atoms with Gasteiger partial charge >= 0.3 is 0 Å². The monoisotopic (exact) mass is 261 g/mol. The van der Waals surface area contributed by atoms with Gasteiger partial charge in [0.2, 0.25) is 0 Å². The van der Waals surface area contributed by atoms with Crippen molar-refractivity contribution in [3.8, 4) is 0 Å². The molecule has 1 radical (unpaired) electrons. The summed E-state index contributed by atoms with van der Waals surface area (Å²) in [4.78, 5) is 11.0. The van der Waals surface area contributed by atoms with E-state index in [4.69, 9.17) is 10.5 Å². The van der Waals surface area contributed by atoms with Gasteiger partial charge in [0.1, 0.15) is 0 Å². The van der Waals surface area contributed by atoms with Gasteiger partial charge in [0.25, 0.3) is 0 Å². The first-order chi connectivity index (χ1) is 5.63. The molecule has 2 atom stereocenters. The van der Waals surface area contributed by atoms with Gasteiger partial charge in [-0.05, 0) is 13.8 Å². The number of nitrogens with one attached hydrogen (secondary N) is 1. The zero-order valence-corrected chi connectivity index (χ0v) is 11.5. The van der Waals surface area contributed by atoms with Gasteiger partial charge in [-0.25, -0.2) is 0 Å². The van der Waals surface area contributed by atoms with E-state index in [9.17, 15) is 4.79 Å². The Morgan fingerprint density at radius 2 is 2.00 bits per heavy atom. The Morgan fingerprint density at radius 3 is 2.31 bits per heavy atom. The number of hydrogen-bond acceptors (Lipinski definition) is 2. The Balaban J connectivity index is 0. The van der Waals surface area contributed by atoms with Crippen LogP contribution in [0.25, 0.3) is 5.73 Å². The number of carbonyl (C=O) groups is 1. The van der Waals surface area contributed by atoms with Crippen LogP contribution in [0.1, 0.15) is 33.6 Å². The number of carbonyl (C=O) groups excluding carboxylic acids is 1. The van der Waals surface area contributed by atoms with Gasteiger partial charge in [0.15, 0.2) is 5.78 Å². The van der Waals surface area contributed by atoms with Gasteiger partial charge in [-0.2, -0.15) is 0 Å². The minimum absolute atomic E-state index is 0. The largest absolute Gasteiger partial charge is 0.672 e. The summed E-state index contributed by atoms with van der Waals surface area (Å²) in [5.74, 6) is -0.0368. The molecular formula is C9H18NO2Y-. The van der Waals surface area contributed by atoms with Gasteiger partial charge in [0.05, 0.1) is 6.10 Å². The Bertz CT molecular complexity index is 142. The van der Waals surface area contributed by atoms with Crippen LogP contribution in [-0.4, -0.2) is 24.5 Å². The molecule has 0 aromatic heterocycles. The molecule has 0 aromatic carbocycles. The summed E-state index contributed by atoms with van der Waals surface area (Å²) in [6.45, 7) is 5.83. The van der Waals surface area contributed by atoms with Crippen molar-refractivity contribution >= 4 is 5.78 Å². The molecule has 0 saturated carbocycles. The average Bonchev–Trinajstić information content (AvgIpc) is 1.99. The van der Waals surface area contributed by atoms with E-state index in [-0.39, 0.29) is 38.5 Å². The molecule has 75 valence electrons. The Labute approximate surface area is 106 Å². The van der Waals surface area contributed by atoms with E-state index in [1.807, 2.05) is 13.8 Å². The fourth-order valence-electron chi connectivity index (χ4n) is 1.16. The van der Waals surface area contributed by atoms with Crippen molar-refractivity contribution in [2.24, 2.45) is 0 Å². The molecule has 0 saturated heterocycles. The smallest absolute Gasteiger partial charge is 0.156 e. The standard InChI is InChI=1S/C9H18NO2.Y/c1-4-6-8(10)9(7(3)11)12-5-2;/h8-10H,4-6H2,1-3H3;/q-1;/t8-,9-;/m0./s1. The van der Waals surface area contributed by atoms with Crippen LogP contribution in [-0.2, 0) is 42.2 Å². The summed E-state index contributed by atoms with van der Waals surface area (Å²) < 4.78 is 5.18. The molecular weight excluding hydrogens is 243 g/mol. The fraction of sp³-hybridized carbons (Fsp3) is 0.889. The number of Topliss-reactive ketones (excluding diaryl/α,β-unsaturated/α-hetero) is 1. The van der Waals surface area contributed by atoms with E-state index < -0.39 is 12.1 Å². The normalized spacial score (nSPS) is 14.5. The van der Waals surface area contributed by atoms with E-state index >= 15 is 0 Å². The molecule has 0 spiro atoms. The van der Waals surface area contributed by atoms with Crippen LogP contribution in [0.15, 0.2) is 0 Å². The van der Waals surface area contributed by atoms with Gasteiger partial charge < -0.3 is 10.5 Å². The summed E-state index contributed by atoms with van der Waals surface area (Å²) in [6.07, 6.45) is 1.13. The van der Waals surface area contributed by atoms with Crippen molar-refractivity contribution in [3.63, 3.8) is 0 Å². The molecule has 0 amide bonds. The number of ketones is 1. The predicted octanol–water partition coefficient (Wildman–Crippen LogP) is 2.20. The van der Waals surface area contributed by atoms with E-state index in [2.05, 4.69) is 0 Å². The molecule has 0 rings (SSSR count). The number of ether oxygens (including phenoxy) is 1. The molecule has 0 bridgehead atoms. The summed E-state index contributed by atoms with van der Waals surface area (Å²) in [6, 6.07) is -0.396. The first-order valence-electron chi connectivity index (χ1n) is 4.46. The molecule has 0 unspecified atom stereocenters. The van der Waals surface area contributed by atoms with Gasteiger partial charge in [-0.15, -0.1) is 6.04 Å². The van der Waals surface area contributed by atoms with Crippen molar-refractivity contribution in [2.45, 2.75) is 45.8 Å². The Hall–Kier alpha value is 0.694. The van der Waals surface area contributed by atoms with Gasteiger partial charge in [0, 0.05) is 39.3 Å². The summed E-state index contributed by atoms with van der Waals surface area (Å²) in [5, 5.41) is 0. The Kier molecular flexibility index (Phi) is 11.5. The minimum Gasteiger partial charge on any atom is -0.672 e. The zero-order chi connectivity index (χ0) is 9.56. The third-order valence-corrected chi connectivity index (χ3v) is 1.71. The van der Waals surface area contributed by atoms with Crippen molar-refractivity contribution < 1.29 is 42.2 Å². The topological polar surface area (TPSA) is 50.1 Å². The van der Waals surface area contributed by atoms with E-state index in [1.165, 1.54) is 6.92 Å². The molecule has 0 aliphatic heterocycles. The van der Waals surface area contributed by atoms with Crippen molar-refractivity contribution in [1.29, 1.82) is 0 Å². The summed E-state index contributed by atoms with van der Waals surface area (Å²) >= 11 is 0. The zero-order valence-electron chi connectivity index (χ0n) is 8.67. The van der Waals surface area contributed by atoms with Crippen molar-refractivity contribution in [3.05, 3.63) is 5.73 Å². The molecule has 0 fully saturated rings. The van der Waals surface area contributed by atoms with Crippen LogP contribution in [0.2, 0.25) is 0 Å². The Morgan fingerprint density at radius 1 is 1.46 bits per heavy atom. The van der Waals surface area contributed by atoms with E-state index in [0.717, 1.165) is 12.8 Å². The maximum absolute atomic E-state index is 11.0. The molecule has 13 heavy (non-hydrogen) atoms. The van der Waals surface area contributed by atoms with Crippen LogP contribution in [0.4, 0.5) is 0 Å². The second-order valence-electron chi connectivity index (χ2n) is 2.88. The second kappa shape index (κ2) is 9.26. The molecule has 0 aliphatic carbocycles. The molecule has 0 aromatic rings. The van der Waals surface area contributed by atoms with Crippen LogP contribution in [0.3, 0.4) is 0 Å². The van der Waals surface area contributed by atoms with Gasteiger partial charge in [-0.3, -0.25) is 4.79 Å². The van der Waals surface area contributed by atoms with Crippen LogP contribution in [0, 0.1) is 0 Å². The van der Waals surface area contributed by atoms with Crippen LogP contribution < -0.4 is 0 Å². The maximum atomic E-state index is 11.0. The van der Waals surface area contributed by atoms with Crippen molar-refractivity contribution in [2.75, 3.05) is 6.61 Å². The predicted molar refractivity (Wildman–Crippen MR) is 49.1 cm³/mol. The second-order valence-corrected chi connectivity index (χ2v) is 2.88. The van der Waals surface area contributed by atoms with E-state index in [1.54, 1.807) is 0 Å². The average molecular weight is 261 g/mol. The number of rotatable bonds is 6. The van der Waals surface area contributed by atoms with Crippen LogP contribution in [0.5, 0.6) is 0 Å². The minimum atomic E-state index is -0.519. The first-order valence-corrected chi connectivity index (χ1v) is 4.46. The molecule has 0 aliphatic rings. The van der Waals surface area contributed by atoms with Crippen LogP contribution >= 0.6 is 0 Å². The van der Waals surface area contributed by atoms with Crippen molar-refractivity contribution in [1.82, 2.24) is 0 Å². The quantitative estimate of drug-likeness (QED) is 0.735. The third kappa shape index (κ3) is 6.72. The maximum Gasteiger partial charge on any atom is 0.156 e. The molecule has 3 nitrogen and oxygen atoms in total. The fourth-order valence-corrected chi connectivity index (χ4v) is 1.16. The van der Waals surface area contributed by atoms with E-state index in [0.29, 0.717) is 6.61 Å². The first kappa shape index (κ1) is 16.1. The SMILES string of the molecule is CCC[C@H]([NH-])[C@@H](OCC)C(C)=O.[Y]. The van der Waals surface area contributed by atoms with Gasteiger partial charge in [-0.1, -0.05) is 19.8 Å². The third-order valence-electron chi connectivity index (χ3n) is 1.71. The molecule has 4 heteroatoms.